The fourth-order valence-electron chi connectivity index (χ4n) is 1.22. The zero-order valence-corrected chi connectivity index (χ0v) is 9.83. The Morgan fingerprint density at radius 3 is 2.94 bits per heavy atom. The van der Waals surface area contributed by atoms with Gasteiger partial charge in [-0.25, -0.2) is 0 Å². The molecule has 0 unspecified atom stereocenters. The molecule has 0 fully saturated rings. The maximum atomic E-state index is 11.1. The SMILES string of the molecule is CCOC(=O)CC=Cc1c(N)cccc1Cl. The molecule has 0 amide bonds. The van der Waals surface area contributed by atoms with Crippen molar-refractivity contribution in [2.24, 2.45) is 0 Å². The van der Waals surface area contributed by atoms with E-state index in [-0.39, 0.29) is 12.4 Å². The summed E-state index contributed by atoms with van der Waals surface area (Å²) in [5.74, 6) is -0.260. The highest BCUT2D eigenvalue weighted by atomic mass is 35.5. The molecule has 16 heavy (non-hydrogen) atoms. The number of hydrogen-bond acceptors (Lipinski definition) is 3. The third kappa shape index (κ3) is 3.59. The van der Waals surface area contributed by atoms with Crippen molar-refractivity contribution in [1.82, 2.24) is 0 Å². The Morgan fingerprint density at radius 1 is 1.56 bits per heavy atom. The number of ether oxygens (including phenoxy) is 1. The average molecular weight is 240 g/mol. The quantitative estimate of drug-likeness (QED) is 0.649. The minimum Gasteiger partial charge on any atom is -0.466 e. The van der Waals surface area contributed by atoms with Gasteiger partial charge in [0.25, 0.3) is 0 Å². The van der Waals surface area contributed by atoms with Crippen LogP contribution in [-0.2, 0) is 9.53 Å². The highest BCUT2D eigenvalue weighted by Gasteiger charge is 2.01. The van der Waals surface area contributed by atoms with Crippen LogP contribution in [0.1, 0.15) is 18.9 Å². The van der Waals surface area contributed by atoms with Gasteiger partial charge in [0, 0.05) is 16.3 Å². The summed E-state index contributed by atoms with van der Waals surface area (Å²) in [6.07, 6.45) is 3.64. The molecule has 0 spiro atoms. The molecule has 1 aromatic carbocycles. The Labute approximate surface area is 99.8 Å². The van der Waals surface area contributed by atoms with Crippen molar-refractivity contribution in [2.45, 2.75) is 13.3 Å². The molecular formula is C12H14ClNO2. The summed E-state index contributed by atoms with van der Waals surface area (Å²) in [7, 11) is 0. The van der Waals surface area contributed by atoms with E-state index in [0.717, 1.165) is 5.56 Å². The zero-order valence-electron chi connectivity index (χ0n) is 9.07. The van der Waals surface area contributed by atoms with E-state index in [1.807, 2.05) is 0 Å². The summed E-state index contributed by atoms with van der Waals surface area (Å²) >= 11 is 5.96. The molecule has 0 saturated heterocycles. The van der Waals surface area contributed by atoms with Crippen LogP contribution in [-0.4, -0.2) is 12.6 Å². The number of halogens is 1. The Kier molecular flexibility index (Phi) is 4.86. The van der Waals surface area contributed by atoms with E-state index in [4.69, 9.17) is 22.1 Å². The number of hydrogen-bond donors (Lipinski definition) is 1. The maximum absolute atomic E-state index is 11.1. The predicted octanol–water partition coefficient (Wildman–Crippen LogP) is 2.89. The first-order valence-electron chi connectivity index (χ1n) is 5.01. The van der Waals surface area contributed by atoms with Crippen LogP contribution in [0, 0.1) is 0 Å². The van der Waals surface area contributed by atoms with Gasteiger partial charge in [0.05, 0.1) is 13.0 Å². The maximum Gasteiger partial charge on any atom is 0.309 e. The van der Waals surface area contributed by atoms with Crippen LogP contribution in [0.2, 0.25) is 5.02 Å². The van der Waals surface area contributed by atoms with Crippen LogP contribution in [0.3, 0.4) is 0 Å². The van der Waals surface area contributed by atoms with Gasteiger partial charge >= 0.3 is 5.97 Å². The Bertz CT molecular complexity index is 382. The molecule has 0 aliphatic heterocycles. The summed E-state index contributed by atoms with van der Waals surface area (Å²) in [6.45, 7) is 2.16. The lowest BCUT2D eigenvalue weighted by atomic mass is 10.1. The van der Waals surface area contributed by atoms with Gasteiger partial charge in [-0.1, -0.05) is 29.8 Å². The number of esters is 1. The van der Waals surface area contributed by atoms with Crippen molar-refractivity contribution in [1.29, 1.82) is 0 Å². The fourth-order valence-corrected chi connectivity index (χ4v) is 1.47. The second kappa shape index (κ2) is 6.18. The van der Waals surface area contributed by atoms with Crippen molar-refractivity contribution in [3.05, 3.63) is 34.9 Å². The number of carbonyl (C=O) groups excluding carboxylic acids is 1. The molecule has 0 atom stereocenters. The van der Waals surface area contributed by atoms with Gasteiger partial charge < -0.3 is 10.5 Å². The summed E-state index contributed by atoms with van der Waals surface area (Å²) in [6, 6.07) is 5.29. The van der Waals surface area contributed by atoms with Crippen molar-refractivity contribution >= 4 is 29.3 Å². The zero-order chi connectivity index (χ0) is 12.0. The largest absolute Gasteiger partial charge is 0.466 e. The van der Waals surface area contributed by atoms with Crippen molar-refractivity contribution < 1.29 is 9.53 Å². The molecule has 3 nitrogen and oxygen atoms in total. The highest BCUT2D eigenvalue weighted by Crippen LogP contribution is 2.23. The highest BCUT2D eigenvalue weighted by molar-refractivity contribution is 6.32. The standard InChI is InChI=1S/C12H14ClNO2/c1-2-16-12(15)8-3-5-9-10(13)6-4-7-11(9)14/h3-7H,2,8,14H2,1H3. The smallest absolute Gasteiger partial charge is 0.309 e. The lowest BCUT2D eigenvalue weighted by Gasteiger charge is -2.02. The molecule has 2 N–H and O–H groups in total. The first-order chi connectivity index (χ1) is 7.65. The molecule has 86 valence electrons. The molecule has 1 rings (SSSR count). The van der Waals surface area contributed by atoms with Crippen LogP contribution in [0.5, 0.6) is 0 Å². The Hall–Kier alpha value is -1.48. The van der Waals surface area contributed by atoms with E-state index in [2.05, 4.69) is 0 Å². The van der Waals surface area contributed by atoms with Gasteiger partial charge in [-0.3, -0.25) is 4.79 Å². The third-order valence-electron chi connectivity index (χ3n) is 1.96. The first-order valence-corrected chi connectivity index (χ1v) is 5.39. The third-order valence-corrected chi connectivity index (χ3v) is 2.29. The minimum atomic E-state index is -0.260. The number of rotatable bonds is 4. The molecule has 0 aliphatic carbocycles. The second-order valence-corrected chi connectivity index (χ2v) is 3.56. The summed E-state index contributed by atoms with van der Waals surface area (Å²) in [5, 5.41) is 0.570. The second-order valence-electron chi connectivity index (χ2n) is 3.15. The molecular weight excluding hydrogens is 226 g/mol. The van der Waals surface area contributed by atoms with E-state index < -0.39 is 0 Å². The lowest BCUT2D eigenvalue weighted by Crippen LogP contribution is -2.01. The van der Waals surface area contributed by atoms with Crippen molar-refractivity contribution in [3.63, 3.8) is 0 Å². The van der Waals surface area contributed by atoms with E-state index >= 15 is 0 Å². The molecule has 1 aromatic rings. The van der Waals surface area contributed by atoms with Crippen LogP contribution in [0.25, 0.3) is 6.08 Å². The predicted molar refractivity (Wildman–Crippen MR) is 66.1 cm³/mol. The van der Waals surface area contributed by atoms with Crippen LogP contribution < -0.4 is 5.73 Å². The number of benzene rings is 1. The molecule has 0 saturated carbocycles. The van der Waals surface area contributed by atoms with Gasteiger partial charge in [-0.05, 0) is 19.1 Å². The van der Waals surface area contributed by atoms with Gasteiger partial charge in [0.2, 0.25) is 0 Å². The van der Waals surface area contributed by atoms with Gasteiger partial charge in [-0.15, -0.1) is 0 Å². The number of nitrogen functional groups attached to an aromatic ring is 1. The van der Waals surface area contributed by atoms with Crippen molar-refractivity contribution in [3.8, 4) is 0 Å². The lowest BCUT2D eigenvalue weighted by molar-refractivity contribution is -0.142. The molecule has 0 radical (unpaired) electrons. The minimum absolute atomic E-state index is 0.221. The summed E-state index contributed by atoms with van der Waals surface area (Å²) in [4.78, 5) is 11.1. The normalized spacial score (nSPS) is 10.6. The fraction of sp³-hybridized carbons (Fsp3) is 0.250. The van der Waals surface area contributed by atoms with Crippen LogP contribution in [0.15, 0.2) is 24.3 Å². The molecule has 0 aliphatic rings. The Balaban J connectivity index is 2.66. The van der Waals surface area contributed by atoms with Crippen molar-refractivity contribution in [2.75, 3.05) is 12.3 Å². The van der Waals surface area contributed by atoms with Crippen LogP contribution in [0.4, 0.5) is 5.69 Å². The summed E-state index contributed by atoms with van der Waals surface area (Å²) < 4.78 is 4.79. The van der Waals surface area contributed by atoms with Gasteiger partial charge in [0.1, 0.15) is 0 Å². The molecule has 0 heterocycles. The van der Waals surface area contributed by atoms with E-state index in [0.29, 0.717) is 17.3 Å². The van der Waals surface area contributed by atoms with E-state index in [9.17, 15) is 4.79 Å². The van der Waals surface area contributed by atoms with Gasteiger partial charge in [-0.2, -0.15) is 0 Å². The number of anilines is 1. The van der Waals surface area contributed by atoms with Crippen LogP contribution >= 0.6 is 11.6 Å². The monoisotopic (exact) mass is 239 g/mol. The van der Waals surface area contributed by atoms with Gasteiger partial charge in [0.15, 0.2) is 0 Å². The molecule has 4 heteroatoms. The Morgan fingerprint density at radius 2 is 2.31 bits per heavy atom. The topological polar surface area (TPSA) is 52.3 Å². The van der Waals surface area contributed by atoms with E-state index in [1.54, 1.807) is 37.3 Å². The summed E-state index contributed by atoms with van der Waals surface area (Å²) in [5.41, 5.74) is 7.07. The molecule has 0 bridgehead atoms. The van der Waals surface area contributed by atoms with E-state index in [1.165, 1.54) is 0 Å². The average Bonchev–Trinajstić information content (AvgIpc) is 2.23. The number of nitrogens with two attached hydrogens (primary N) is 1. The molecule has 0 aromatic heterocycles. The number of carbonyl (C=O) groups is 1. The first kappa shape index (κ1) is 12.6.